The molecular weight excluding hydrogens is 468 g/mol. The van der Waals surface area contributed by atoms with Gasteiger partial charge in [-0.15, -0.1) is 13.2 Å². The van der Waals surface area contributed by atoms with Gasteiger partial charge in [0.25, 0.3) is 0 Å². The van der Waals surface area contributed by atoms with Crippen LogP contribution >= 0.6 is 0 Å². The van der Waals surface area contributed by atoms with E-state index < -0.39 is 11.9 Å². The number of rotatable bonds is 25. The first-order chi connectivity index (χ1) is 17.9. The number of ether oxygens (including phenoxy) is 4. The van der Waals surface area contributed by atoms with Crippen molar-refractivity contribution >= 4 is 0 Å². The normalized spacial score (nSPS) is 17.2. The first kappa shape index (κ1) is 36.2. The minimum atomic E-state index is -0.722. The molecule has 0 amide bonds. The van der Waals surface area contributed by atoms with Gasteiger partial charge in [0.05, 0.1) is 26.4 Å². The van der Waals surface area contributed by atoms with Crippen molar-refractivity contribution in [3.63, 3.8) is 0 Å². The van der Waals surface area contributed by atoms with E-state index in [1.54, 1.807) is 0 Å². The molecule has 1 heterocycles. The Labute approximate surface area is 228 Å². The minimum absolute atomic E-state index is 0.106. The molecule has 1 aliphatic heterocycles. The zero-order valence-corrected chi connectivity index (χ0v) is 24.3. The van der Waals surface area contributed by atoms with Gasteiger partial charge in [0.2, 0.25) is 0 Å². The molecule has 0 aliphatic carbocycles. The number of allylic oxidation sites excluding steroid dienone is 2. The maximum Gasteiger partial charge on any atom is 0.163 e. The van der Waals surface area contributed by atoms with E-state index in [0.29, 0.717) is 19.8 Å². The van der Waals surface area contributed by atoms with E-state index in [1.807, 2.05) is 26.0 Å². The van der Waals surface area contributed by atoms with E-state index in [1.165, 1.54) is 77.0 Å². The molecule has 0 radical (unpaired) electrons. The molecule has 220 valence electrons. The van der Waals surface area contributed by atoms with Crippen molar-refractivity contribution in [1.82, 2.24) is 0 Å². The fourth-order valence-corrected chi connectivity index (χ4v) is 4.09. The van der Waals surface area contributed by atoms with Gasteiger partial charge in [-0.1, -0.05) is 76.4 Å². The van der Waals surface area contributed by atoms with E-state index in [2.05, 4.69) is 13.2 Å². The Hall–Kier alpha value is -0.760. The van der Waals surface area contributed by atoms with Crippen LogP contribution in [0.1, 0.15) is 117 Å². The monoisotopic (exact) mass is 528 g/mol. The van der Waals surface area contributed by atoms with E-state index in [4.69, 9.17) is 29.2 Å². The Morgan fingerprint density at radius 1 is 0.784 bits per heavy atom. The molecule has 1 aliphatic rings. The summed E-state index contributed by atoms with van der Waals surface area (Å²) in [6.45, 7) is 14.2. The number of aliphatic hydroxyl groups excluding tert-OH is 2. The van der Waals surface area contributed by atoms with Crippen LogP contribution in [0.2, 0.25) is 0 Å². The third kappa shape index (κ3) is 26.6. The predicted octanol–water partition coefficient (Wildman–Crippen LogP) is 7.12. The summed E-state index contributed by atoms with van der Waals surface area (Å²) in [5.74, 6) is -0.431. The topological polar surface area (TPSA) is 77.4 Å². The average Bonchev–Trinajstić information content (AvgIpc) is 3.24. The average molecular weight is 529 g/mol. The second kappa shape index (κ2) is 26.8. The van der Waals surface area contributed by atoms with Gasteiger partial charge in [0.15, 0.2) is 5.79 Å². The first-order valence-corrected chi connectivity index (χ1v) is 14.9. The highest BCUT2D eigenvalue weighted by molar-refractivity contribution is 4.70. The molecule has 0 bridgehead atoms. The Kier molecular flexibility index (Phi) is 26.3. The highest BCUT2D eigenvalue weighted by Gasteiger charge is 2.32. The maximum atomic E-state index is 9.02. The van der Waals surface area contributed by atoms with Crippen molar-refractivity contribution in [2.75, 3.05) is 39.6 Å². The molecule has 2 atom stereocenters. The highest BCUT2D eigenvalue weighted by Crippen LogP contribution is 2.22. The second-order valence-electron chi connectivity index (χ2n) is 10.5. The van der Waals surface area contributed by atoms with Gasteiger partial charge in [-0.3, -0.25) is 0 Å². The number of aliphatic hydroxyl groups is 2. The van der Waals surface area contributed by atoms with Gasteiger partial charge >= 0.3 is 0 Å². The van der Waals surface area contributed by atoms with Crippen molar-refractivity contribution in [3.05, 3.63) is 25.3 Å². The van der Waals surface area contributed by atoms with Gasteiger partial charge in [0, 0.05) is 13.2 Å². The fraction of sp³-hybridized carbons (Fsp3) is 0.871. The lowest BCUT2D eigenvalue weighted by Crippen LogP contribution is -2.24. The number of hydrogen-bond acceptors (Lipinski definition) is 6. The van der Waals surface area contributed by atoms with Crippen molar-refractivity contribution < 1.29 is 29.2 Å². The molecule has 0 aromatic rings. The van der Waals surface area contributed by atoms with Crippen LogP contribution in [-0.2, 0) is 18.9 Å². The van der Waals surface area contributed by atoms with E-state index in [9.17, 15) is 0 Å². The predicted molar refractivity (Wildman–Crippen MR) is 154 cm³/mol. The summed E-state index contributed by atoms with van der Waals surface area (Å²) in [6.07, 6.45) is 23.5. The van der Waals surface area contributed by atoms with E-state index in [0.717, 1.165) is 32.3 Å². The summed E-state index contributed by atoms with van der Waals surface area (Å²) in [7, 11) is 0. The van der Waals surface area contributed by atoms with Gasteiger partial charge in [-0.05, 0) is 52.4 Å². The number of unbranched alkanes of at least 4 members (excludes halogenated alkanes) is 14. The Morgan fingerprint density at radius 3 is 1.68 bits per heavy atom. The fourth-order valence-electron chi connectivity index (χ4n) is 4.09. The minimum Gasteiger partial charge on any atom is -0.394 e. The summed E-state index contributed by atoms with van der Waals surface area (Å²) in [6, 6.07) is 0. The molecule has 0 spiro atoms. The van der Waals surface area contributed by atoms with Gasteiger partial charge < -0.3 is 29.2 Å². The third-order valence-electron chi connectivity index (χ3n) is 6.29. The molecule has 2 N–H and O–H groups in total. The summed E-state index contributed by atoms with van der Waals surface area (Å²) >= 11 is 0. The van der Waals surface area contributed by atoms with Crippen LogP contribution in [0.4, 0.5) is 0 Å². The molecular formula is C31H60O6. The maximum absolute atomic E-state index is 9.02. The summed E-state index contributed by atoms with van der Waals surface area (Å²) in [4.78, 5) is 0. The highest BCUT2D eigenvalue weighted by atomic mass is 16.7. The molecule has 2 unspecified atom stereocenters. The quantitative estimate of drug-likeness (QED) is 0.0970. The van der Waals surface area contributed by atoms with Crippen molar-refractivity contribution in [2.24, 2.45) is 0 Å². The van der Waals surface area contributed by atoms with Crippen molar-refractivity contribution in [3.8, 4) is 0 Å². The molecule has 1 fully saturated rings. The molecule has 0 aromatic carbocycles. The molecule has 1 saturated heterocycles. The second-order valence-corrected chi connectivity index (χ2v) is 10.5. The van der Waals surface area contributed by atoms with Crippen molar-refractivity contribution in [1.29, 1.82) is 0 Å². The smallest absolute Gasteiger partial charge is 0.163 e. The molecule has 0 saturated carbocycles. The Balaban J connectivity index is 0.000000712. The van der Waals surface area contributed by atoms with Crippen LogP contribution in [0.5, 0.6) is 0 Å². The van der Waals surface area contributed by atoms with Crippen LogP contribution in [0.3, 0.4) is 0 Å². The van der Waals surface area contributed by atoms with Crippen molar-refractivity contribution in [2.45, 2.75) is 135 Å². The molecule has 1 rings (SSSR count). The van der Waals surface area contributed by atoms with Gasteiger partial charge in [-0.2, -0.15) is 0 Å². The van der Waals surface area contributed by atoms with E-state index >= 15 is 0 Å². The molecule has 6 heteroatoms. The Bertz CT molecular complexity index is 496. The summed E-state index contributed by atoms with van der Waals surface area (Å²) < 4.78 is 22.1. The van der Waals surface area contributed by atoms with E-state index in [-0.39, 0.29) is 19.3 Å². The molecule has 6 nitrogen and oxygen atoms in total. The lowest BCUT2D eigenvalue weighted by atomic mass is 10.1. The largest absolute Gasteiger partial charge is 0.394 e. The standard InChI is InChI=1S/C17H32O3.C14H28O3/c1-4-5-6-7-8-9-10-11-12-13-18-14-16-15-19-17(2,3)20-16;1-2-3-4-5-6-7-8-9-10-11-17-13-14(16)12-15/h4,16H,1,5-15H2,2-3H3;2,14-16H,1,3-13H2. The SMILES string of the molecule is C=CCCCCCCCCCOCC(O)CO.C=CCCCCCCCCCOCC1COC(C)(C)O1. The third-order valence-corrected chi connectivity index (χ3v) is 6.29. The van der Waals surface area contributed by atoms with Crippen LogP contribution in [0.25, 0.3) is 0 Å². The van der Waals surface area contributed by atoms with Gasteiger partial charge in [0.1, 0.15) is 12.2 Å². The lowest BCUT2D eigenvalue weighted by molar-refractivity contribution is -0.145. The molecule has 0 aromatic heterocycles. The Morgan fingerprint density at radius 2 is 1.24 bits per heavy atom. The van der Waals surface area contributed by atoms with Crippen LogP contribution < -0.4 is 0 Å². The zero-order valence-electron chi connectivity index (χ0n) is 24.3. The summed E-state index contributed by atoms with van der Waals surface area (Å²) in [5.41, 5.74) is 0. The van der Waals surface area contributed by atoms with Crippen LogP contribution in [0, 0.1) is 0 Å². The summed E-state index contributed by atoms with van der Waals surface area (Å²) in [5, 5.41) is 17.6. The first-order valence-electron chi connectivity index (χ1n) is 14.9. The van der Waals surface area contributed by atoms with Crippen LogP contribution in [0.15, 0.2) is 25.3 Å². The number of hydrogen-bond donors (Lipinski definition) is 2. The molecule has 37 heavy (non-hydrogen) atoms. The lowest BCUT2D eigenvalue weighted by Gasteiger charge is -2.17. The zero-order chi connectivity index (χ0) is 27.5. The van der Waals surface area contributed by atoms with Gasteiger partial charge in [-0.25, -0.2) is 0 Å². The van der Waals surface area contributed by atoms with Crippen LogP contribution in [-0.4, -0.2) is 67.8 Å².